The molecule has 0 atom stereocenters. The van der Waals surface area contributed by atoms with Crippen LogP contribution in [0.1, 0.15) is 0 Å². The van der Waals surface area contributed by atoms with Crippen LogP contribution < -0.4 is 4.90 Å². The summed E-state index contributed by atoms with van der Waals surface area (Å²) in [5.74, 6) is 0. The molecule has 0 aliphatic heterocycles. The molecule has 11 rings (SSSR count). The van der Waals surface area contributed by atoms with E-state index >= 15 is 0 Å². The van der Waals surface area contributed by atoms with Crippen molar-refractivity contribution in [1.29, 1.82) is 0 Å². The highest BCUT2D eigenvalue weighted by atomic mass is 15.1. The Hall–Kier alpha value is -7.68. The predicted octanol–water partition coefficient (Wildman–Crippen LogP) is 15.6. The largest absolute Gasteiger partial charge is 0.310 e. The molecule has 1 heterocycles. The number of fused-ring (bicyclic) bond motifs is 6. The summed E-state index contributed by atoms with van der Waals surface area (Å²) in [5.41, 5.74) is 14.0. The van der Waals surface area contributed by atoms with E-state index in [4.69, 9.17) is 0 Å². The second-order valence-electron chi connectivity index (χ2n) is 15.0. The normalized spacial score (nSPS) is 11.4. The molecule has 0 saturated carbocycles. The Balaban J connectivity index is 1.09. The van der Waals surface area contributed by atoms with E-state index in [1.54, 1.807) is 0 Å². The number of rotatable bonds is 7. The molecule has 2 nitrogen and oxygen atoms in total. The molecule has 0 bridgehead atoms. The van der Waals surface area contributed by atoms with Gasteiger partial charge >= 0.3 is 0 Å². The molecule has 0 fully saturated rings. The number of hydrogen-bond acceptors (Lipinski definition) is 1. The average Bonchev–Trinajstić information content (AvgIpc) is 3.65. The van der Waals surface area contributed by atoms with Gasteiger partial charge in [0.05, 0.1) is 11.0 Å². The molecular weight excluding hydrogens is 701 g/mol. The van der Waals surface area contributed by atoms with Crippen LogP contribution in [0, 0.1) is 0 Å². The van der Waals surface area contributed by atoms with E-state index in [2.05, 4.69) is 240 Å². The van der Waals surface area contributed by atoms with Gasteiger partial charge in [-0.15, -0.1) is 0 Å². The minimum Gasteiger partial charge on any atom is -0.310 e. The van der Waals surface area contributed by atoms with Crippen molar-refractivity contribution in [2.45, 2.75) is 0 Å². The molecule has 1 aromatic heterocycles. The van der Waals surface area contributed by atoms with Crippen LogP contribution in [0.25, 0.3) is 82.4 Å². The minimum absolute atomic E-state index is 1.08. The lowest BCUT2D eigenvalue weighted by Crippen LogP contribution is -2.10. The molecule has 11 aromatic rings. The molecule has 0 spiro atoms. The summed E-state index contributed by atoms with van der Waals surface area (Å²) in [7, 11) is 0. The highest BCUT2D eigenvalue weighted by Crippen LogP contribution is 2.43. The maximum atomic E-state index is 2.44. The summed E-state index contributed by atoms with van der Waals surface area (Å²) in [6.45, 7) is 0. The third-order valence-electron chi connectivity index (χ3n) is 11.6. The van der Waals surface area contributed by atoms with E-state index in [0.717, 1.165) is 22.7 Å². The van der Waals surface area contributed by atoms with Gasteiger partial charge < -0.3 is 9.47 Å². The first-order chi connectivity index (χ1) is 28.8. The quantitative estimate of drug-likeness (QED) is 0.158. The topological polar surface area (TPSA) is 8.17 Å². The van der Waals surface area contributed by atoms with Gasteiger partial charge in [-0.3, -0.25) is 0 Å². The molecule has 0 radical (unpaired) electrons. The minimum atomic E-state index is 1.08. The zero-order valence-corrected chi connectivity index (χ0v) is 31.8. The summed E-state index contributed by atoms with van der Waals surface area (Å²) in [6, 6.07) is 83.6. The first kappa shape index (κ1) is 33.6. The van der Waals surface area contributed by atoms with Gasteiger partial charge in [0.2, 0.25) is 0 Å². The SMILES string of the molecule is c1ccc(-c2ccc(N(c3ccc(-c4ccccc4)cc3)c3cccc(-n4c5ccccc5c5c6c(-c7ccc8ccccc8c7)cccc6ccc54)c3)cc2)cc1. The van der Waals surface area contributed by atoms with Gasteiger partial charge in [0.25, 0.3) is 0 Å². The van der Waals surface area contributed by atoms with Gasteiger partial charge in [-0.25, -0.2) is 0 Å². The van der Waals surface area contributed by atoms with Gasteiger partial charge in [0, 0.05) is 33.5 Å². The monoisotopic (exact) mass is 738 g/mol. The molecule has 0 aliphatic rings. The summed E-state index contributed by atoms with van der Waals surface area (Å²) in [4.78, 5) is 2.37. The second kappa shape index (κ2) is 14.1. The number of para-hydroxylation sites is 1. The van der Waals surface area contributed by atoms with Crippen molar-refractivity contribution in [2.75, 3.05) is 4.90 Å². The number of anilines is 3. The third-order valence-corrected chi connectivity index (χ3v) is 11.6. The molecule has 0 N–H and O–H groups in total. The van der Waals surface area contributed by atoms with Crippen molar-refractivity contribution >= 4 is 60.4 Å². The van der Waals surface area contributed by atoms with Gasteiger partial charge in [-0.1, -0.05) is 170 Å². The lowest BCUT2D eigenvalue weighted by molar-refractivity contribution is 1.17. The Morgan fingerprint density at radius 2 is 0.845 bits per heavy atom. The summed E-state index contributed by atoms with van der Waals surface area (Å²) >= 11 is 0. The van der Waals surface area contributed by atoms with E-state index in [-0.39, 0.29) is 0 Å². The fourth-order valence-electron chi connectivity index (χ4n) is 8.80. The fraction of sp³-hybridized carbons (Fsp3) is 0. The number of hydrogen-bond donors (Lipinski definition) is 0. The maximum Gasteiger partial charge on any atom is 0.0547 e. The third kappa shape index (κ3) is 5.82. The molecule has 0 aliphatic carbocycles. The molecule has 10 aromatic carbocycles. The average molecular weight is 739 g/mol. The second-order valence-corrected chi connectivity index (χ2v) is 15.0. The fourth-order valence-corrected chi connectivity index (χ4v) is 8.80. The van der Waals surface area contributed by atoms with Gasteiger partial charge in [0.15, 0.2) is 0 Å². The Morgan fingerprint density at radius 1 is 0.293 bits per heavy atom. The Morgan fingerprint density at radius 3 is 1.55 bits per heavy atom. The van der Waals surface area contributed by atoms with Crippen molar-refractivity contribution in [1.82, 2.24) is 4.57 Å². The summed E-state index contributed by atoms with van der Waals surface area (Å²) in [5, 5.41) is 7.52. The number of benzene rings is 10. The van der Waals surface area contributed by atoms with Crippen LogP contribution in [0.2, 0.25) is 0 Å². The van der Waals surface area contributed by atoms with Crippen molar-refractivity contribution in [3.05, 3.63) is 231 Å². The highest BCUT2D eigenvalue weighted by Gasteiger charge is 2.19. The molecule has 272 valence electrons. The first-order valence-corrected chi connectivity index (χ1v) is 19.9. The molecule has 2 heteroatoms. The Labute approximate surface area is 338 Å². The summed E-state index contributed by atoms with van der Waals surface area (Å²) in [6.07, 6.45) is 0. The number of nitrogens with zero attached hydrogens (tertiary/aromatic N) is 2. The van der Waals surface area contributed by atoms with Crippen molar-refractivity contribution in [2.24, 2.45) is 0 Å². The predicted molar refractivity (Wildman–Crippen MR) is 247 cm³/mol. The molecule has 0 amide bonds. The Bertz CT molecular complexity index is 3170. The van der Waals surface area contributed by atoms with Crippen LogP contribution in [-0.4, -0.2) is 4.57 Å². The van der Waals surface area contributed by atoms with E-state index in [1.807, 2.05) is 0 Å². The van der Waals surface area contributed by atoms with Crippen LogP contribution in [0.5, 0.6) is 0 Å². The van der Waals surface area contributed by atoms with Crippen LogP contribution in [0.4, 0.5) is 17.1 Å². The number of aromatic nitrogens is 1. The molecule has 0 unspecified atom stereocenters. The van der Waals surface area contributed by atoms with Gasteiger partial charge in [0.1, 0.15) is 0 Å². The van der Waals surface area contributed by atoms with E-state index in [1.165, 1.54) is 76.7 Å². The molecule has 0 saturated heterocycles. The van der Waals surface area contributed by atoms with Gasteiger partial charge in [-0.05, 0) is 116 Å². The van der Waals surface area contributed by atoms with E-state index < -0.39 is 0 Å². The van der Waals surface area contributed by atoms with Crippen molar-refractivity contribution in [3.8, 4) is 39.1 Å². The van der Waals surface area contributed by atoms with Crippen LogP contribution in [-0.2, 0) is 0 Å². The van der Waals surface area contributed by atoms with Crippen LogP contribution in [0.3, 0.4) is 0 Å². The standard InChI is InChI=1S/C56H38N2/c1-3-13-39(14-4-1)42-27-32-47(33-28-42)57(48-34-29-43(30-35-48)40-15-5-2-6-16-40)49-20-12-21-50(38-49)58-53-24-10-9-22-52(53)56-54(58)36-31-44-19-11-23-51(55(44)56)46-26-25-41-17-7-8-18-45(41)37-46/h1-38H. The molecular formula is C56H38N2. The maximum absolute atomic E-state index is 2.44. The van der Waals surface area contributed by atoms with Crippen LogP contribution >= 0.6 is 0 Å². The smallest absolute Gasteiger partial charge is 0.0547 e. The lowest BCUT2D eigenvalue weighted by atomic mass is 9.93. The highest BCUT2D eigenvalue weighted by molar-refractivity contribution is 6.25. The summed E-state index contributed by atoms with van der Waals surface area (Å²) < 4.78 is 2.44. The van der Waals surface area contributed by atoms with Crippen molar-refractivity contribution < 1.29 is 0 Å². The zero-order valence-electron chi connectivity index (χ0n) is 31.8. The lowest BCUT2D eigenvalue weighted by Gasteiger charge is -2.26. The zero-order chi connectivity index (χ0) is 38.4. The van der Waals surface area contributed by atoms with E-state index in [9.17, 15) is 0 Å². The first-order valence-electron chi connectivity index (χ1n) is 19.9. The Kier molecular flexibility index (Phi) is 8.19. The van der Waals surface area contributed by atoms with Crippen LogP contribution in [0.15, 0.2) is 231 Å². The van der Waals surface area contributed by atoms with Gasteiger partial charge in [-0.2, -0.15) is 0 Å². The van der Waals surface area contributed by atoms with Crippen molar-refractivity contribution in [3.63, 3.8) is 0 Å². The molecule has 58 heavy (non-hydrogen) atoms. The van der Waals surface area contributed by atoms with E-state index in [0.29, 0.717) is 0 Å².